The first-order valence-electron chi connectivity index (χ1n) is 20.7. The lowest BCUT2D eigenvalue weighted by Gasteiger charge is -2.14. The zero-order valence-electron chi connectivity index (χ0n) is 33.1. The molecule has 12 rings (SSSR count). The lowest BCUT2D eigenvalue weighted by atomic mass is 9.93. The van der Waals surface area contributed by atoms with Crippen molar-refractivity contribution in [3.8, 4) is 66.9 Å². The van der Waals surface area contributed by atoms with E-state index in [-0.39, 0.29) is 0 Å². The van der Waals surface area contributed by atoms with Crippen LogP contribution in [0.5, 0.6) is 0 Å². The first kappa shape index (κ1) is 34.9. The number of nitrogens with zero attached hydrogens (tertiary/aromatic N) is 2. The van der Waals surface area contributed by atoms with E-state index in [4.69, 9.17) is 14.4 Å². The van der Waals surface area contributed by atoms with E-state index in [2.05, 4.69) is 200 Å². The highest BCUT2D eigenvalue weighted by Crippen LogP contribution is 2.40. The Morgan fingerprint density at radius 3 is 1.44 bits per heavy atom. The number of furan rings is 1. The maximum atomic E-state index is 6.38. The Bertz CT molecular complexity index is 3630. The fourth-order valence-electron chi connectivity index (χ4n) is 9.03. The Morgan fingerprint density at radius 2 is 0.770 bits per heavy atom. The fourth-order valence-corrected chi connectivity index (χ4v) is 9.03. The molecular weight excluding hydrogens is 741 g/mol. The molecule has 0 aliphatic heterocycles. The lowest BCUT2D eigenvalue weighted by Crippen LogP contribution is -1.93. The quantitative estimate of drug-likeness (QED) is 0.158. The number of para-hydroxylation sites is 2. The van der Waals surface area contributed by atoms with Gasteiger partial charge in [-0.1, -0.05) is 182 Å². The normalized spacial score (nSPS) is 11.6. The Hall–Kier alpha value is -8.14. The van der Waals surface area contributed by atoms with Crippen LogP contribution in [0.4, 0.5) is 0 Å². The van der Waals surface area contributed by atoms with Crippen molar-refractivity contribution in [3.05, 3.63) is 219 Å². The average Bonchev–Trinajstić information content (AvgIpc) is 3.73. The van der Waals surface area contributed by atoms with Gasteiger partial charge in [0.1, 0.15) is 11.2 Å². The molecule has 0 spiro atoms. The highest BCUT2D eigenvalue weighted by Gasteiger charge is 2.16. The van der Waals surface area contributed by atoms with Gasteiger partial charge in [0.2, 0.25) is 0 Å². The number of benzene rings is 10. The van der Waals surface area contributed by atoms with Crippen molar-refractivity contribution in [1.29, 1.82) is 0 Å². The summed E-state index contributed by atoms with van der Waals surface area (Å²) in [6.45, 7) is 0. The molecule has 0 atom stereocenters. The second kappa shape index (κ2) is 14.3. The minimum absolute atomic E-state index is 0.843. The smallest absolute Gasteiger partial charge is 0.143 e. The Labute approximate surface area is 352 Å². The van der Waals surface area contributed by atoms with Gasteiger partial charge in [-0.15, -0.1) is 0 Å². The summed E-state index contributed by atoms with van der Waals surface area (Å²) < 4.78 is 6.38. The van der Waals surface area contributed by atoms with Gasteiger partial charge in [-0.2, -0.15) is 0 Å². The van der Waals surface area contributed by atoms with Crippen LogP contribution in [-0.2, 0) is 0 Å². The monoisotopic (exact) mass is 776 g/mol. The second-order valence-corrected chi connectivity index (χ2v) is 15.7. The van der Waals surface area contributed by atoms with Crippen LogP contribution in [0.3, 0.4) is 0 Å². The van der Waals surface area contributed by atoms with Crippen LogP contribution in [0.15, 0.2) is 223 Å². The molecule has 0 saturated carbocycles. The van der Waals surface area contributed by atoms with Crippen LogP contribution in [0, 0.1) is 0 Å². The molecule has 0 fully saturated rings. The van der Waals surface area contributed by atoms with Crippen molar-refractivity contribution in [2.24, 2.45) is 0 Å². The molecule has 61 heavy (non-hydrogen) atoms. The first-order chi connectivity index (χ1) is 30.2. The molecule has 0 N–H and O–H groups in total. The van der Waals surface area contributed by atoms with Crippen LogP contribution in [0.2, 0.25) is 0 Å². The van der Waals surface area contributed by atoms with E-state index >= 15 is 0 Å². The van der Waals surface area contributed by atoms with E-state index in [0.717, 1.165) is 88.4 Å². The van der Waals surface area contributed by atoms with Gasteiger partial charge in [-0.05, 0) is 91.2 Å². The van der Waals surface area contributed by atoms with Crippen LogP contribution in [0.25, 0.3) is 121 Å². The molecule has 0 radical (unpaired) electrons. The number of aromatic nitrogens is 2. The zero-order chi connectivity index (χ0) is 40.3. The van der Waals surface area contributed by atoms with Crippen molar-refractivity contribution < 1.29 is 4.42 Å². The molecule has 2 aromatic heterocycles. The summed E-state index contributed by atoms with van der Waals surface area (Å²) in [4.78, 5) is 10.5. The molecule has 10 aromatic carbocycles. The maximum Gasteiger partial charge on any atom is 0.143 e. The number of fused-ring (bicyclic) bond motifs is 9. The highest BCUT2D eigenvalue weighted by atomic mass is 16.3. The van der Waals surface area contributed by atoms with Gasteiger partial charge in [0.15, 0.2) is 0 Å². The van der Waals surface area contributed by atoms with Crippen LogP contribution in [0.1, 0.15) is 0 Å². The Kier molecular flexibility index (Phi) is 8.17. The molecule has 2 heterocycles. The minimum atomic E-state index is 0.843. The van der Waals surface area contributed by atoms with Crippen molar-refractivity contribution in [3.63, 3.8) is 0 Å². The minimum Gasteiger partial charge on any atom is -0.455 e. The number of hydrogen-bond donors (Lipinski definition) is 0. The van der Waals surface area contributed by atoms with Crippen molar-refractivity contribution in [2.75, 3.05) is 0 Å². The predicted molar refractivity (Wildman–Crippen MR) is 254 cm³/mol. The molecule has 0 aliphatic carbocycles. The van der Waals surface area contributed by atoms with E-state index in [0.29, 0.717) is 0 Å². The fraction of sp³-hybridized carbons (Fsp3) is 0. The average molecular weight is 777 g/mol. The van der Waals surface area contributed by atoms with Crippen LogP contribution < -0.4 is 0 Å². The highest BCUT2D eigenvalue weighted by molar-refractivity contribution is 6.24. The first-order valence-corrected chi connectivity index (χ1v) is 20.7. The summed E-state index contributed by atoms with van der Waals surface area (Å²) in [5.74, 6) is 0. The molecule has 0 aliphatic rings. The van der Waals surface area contributed by atoms with Crippen molar-refractivity contribution >= 4 is 54.5 Å². The largest absolute Gasteiger partial charge is 0.455 e. The van der Waals surface area contributed by atoms with Crippen LogP contribution in [-0.4, -0.2) is 9.97 Å². The Balaban J connectivity index is 0.907. The van der Waals surface area contributed by atoms with Crippen molar-refractivity contribution in [1.82, 2.24) is 9.97 Å². The Morgan fingerprint density at radius 1 is 0.295 bits per heavy atom. The van der Waals surface area contributed by atoms with Gasteiger partial charge < -0.3 is 4.42 Å². The lowest BCUT2D eigenvalue weighted by molar-refractivity contribution is 0.670. The summed E-state index contributed by atoms with van der Waals surface area (Å²) in [7, 11) is 0. The molecule has 0 amide bonds. The third-order valence-electron chi connectivity index (χ3n) is 12.1. The van der Waals surface area contributed by atoms with Gasteiger partial charge in [0, 0.05) is 32.7 Å². The molecular formula is C58H36N2O. The summed E-state index contributed by atoms with van der Waals surface area (Å²) >= 11 is 0. The SMILES string of the molecule is c1ccc(-c2ccc3c(c2)c2cc(-c4ccccc4)ccc2c2nc(-c4cccc(-c5ccc(-c6cccc(-c7cccc8c7oc7ccccc78)c6)cc5)c4)cnc32)cc1. The summed E-state index contributed by atoms with van der Waals surface area (Å²) in [5.41, 5.74) is 17.0. The topological polar surface area (TPSA) is 38.9 Å². The predicted octanol–water partition coefficient (Wildman–Crippen LogP) is 15.8. The third kappa shape index (κ3) is 6.06. The van der Waals surface area contributed by atoms with Crippen molar-refractivity contribution in [2.45, 2.75) is 0 Å². The zero-order valence-corrected chi connectivity index (χ0v) is 33.1. The van der Waals surface area contributed by atoms with E-state index in [1.54, 1.807) is 0 Å². The van der Waals surface area contributed by atoms with E-state index in [9.17, 15) is 0 Å². The van der Waals surface area contributed by atoms with E-state index in [1.165, 1.54) is 33.0 Å². The van der Waals surface area contributed by atoms with E-state index < -0.39 is 0 Å². The third-order valence-corrected chi connectivity index (χ3v) is 12.1. The van der Waals surface area contributed by atoms with Gasteiger partial charge in [-0.25, -0.2) is 4.98 Å². The second-order valence-electron chi connectivity index (χ2n) is 15.7. The molecule has 3 heteroatoms. The summed E-state index contributed by atoms with van der Waals surface area (Å²) in [6, 6.07) is 75.5. The standard InChI is InChI=1S/C58H36N2O/c1-3-12-37(13-4-1)43-28-30-49-52(34-43)53-35-44(38-14-5-2-6-15-38)29-31-50(53)57-56(49)59-36-54(60-57)46-19-10-17-42(33-46)40-26-24-39(25-27-40)41-16-9-18-45(32-41)47-21-11-22-51-48-20-7-8-23-55(48)61-58(47)51/h1-36H. The summed E-state index contributed by atoms with van der Waals surface area (Å²) in [5, 5.41) is 6.80. The molecule has 0 saturated heterocycles. The molecule has 0 bridgehead atoms. The molecule has 284 valence electrons. The van der Waals surface area contributed by atoms with E-state index in [1.807, 2.05) is 18.3 Å². The molecule has 0 unspecified atom stereocenters. The molecule has 12 aromatic rings. The van der Waals surface area contributed by atoms with Gasteiger partial charge in [0.25, 0.3) is 0 Å². The maximum absolute atomic E-state index is 6.38. The number of hydrogen-bond acceptors (Lipinski definition) is 3. The van der Waals surface area contributed by atoms with Gasteiger partial charge in [-0.3, -0.25) is 4.98 Å². The molecule has 3 nitrogen and oxygen atoms in total. The van der Waals surface area contributed by atoms with Gasteiger partial charge in [0.05, 0.1) is 22.9 Å². The van der Waals surface area contributed by atoms with Crippen LogP contribution >= 0.6 is 0 Å². The summed E-state index contributed by atoms with van der Waals surface area (Å²) in [6.07, 6.45) is 1.93. The number of rotatable bonds is 6. The van der Waals surface area contributed by atoms with Gasteiger partial charge >= 0.3 is 0 Å².